The zero-order valence-corrected chi connectivity index (χ0v) is 21.1. The van der Waals surface area contributed by atoms with Crippen molar-refractivity contribution >= 4 is 5.57 Å². The van der Waals surface area contributed by atoms with Gasteiger partial charge in [-0.25, -0.2) is 4.39 Å². The minimum Gasteiger partial charge on any atom is -0.386 e. The Morgan fingerprint density at radius 2 is 1.96 bits per heavy atom. The van der Waals surface area contributed by atoms with Crippen LogP contribution in [0.15, 0.2) is 47.6 Å². The molecular weight excluding hydrogens is 551 g/mol. The summed E-state index contributed by atoms with van der Waals surface area (Å²) in [6, 6.07) is 5.20. The number of benzene rings is 1. The molecular formula is C22H32FNOU. The molecule has 0 radical (unpaired) electrons. The summed E-state index contributed by atoms with van der Waals surface area (Å²) >= 11 is 0. The maximum atomic E-state index is 14.2. The van der Waals surface area contributed by atoms with Gasteiger partial charge in [-0.1, -0.05) is 42.0 Å². The molecule has 1 rings (SSSR count). The Kier molecular flexibility index (Phi) is 15.3. The third kappa shape index (κ3) is 8.82. The summed E-state index contributed by atoms with van der Waals surface area (Å²) < 4.78 is 19.3. The molecule has 0 amide bonds. The van der Waals surface area contributed by atoms with Gasteiger partial charge in [0.05, 0.1) is 0 Å². The van der Waals surface area contributed by atoms with Crippen molar-refractivity contribution in [3.8, 4) is 0 Å². The predicted molar refractivity (Wildman–Crippen MR) is 108 cm³/mol. The SMILES string of the molecule is [CH2-]C(COC)NCC(/C=C\C(=C/C)c1c(C)cccc1F)=C(C)C.[CH3-].[U+2]. The second-order valence-corrected chi connectivity index (χ2v) is 6.07. The Morgan fingerprint density at radius 3 is 2.46 bits per heavy atom. The van der Waals surface area contributed by atoms with Crippen molar-refractivity contribution in [2.24, 2.45) is 0 Å². The predicted octanol–water partition coefficient (Wildman–Crippen LogP) is 5.32. The summed E-state index contributed by atoms with van der Waals surface area (Å²) in [5.41, 5.74) is 4.85. The van der Waals surface area contributed by atoms with E-state index in [0.29, 0.717) is 18.7 Å². The normalized spacial score (nSPS) is 12.3. The van der Waals surface area contributed by atoms with E-state index in [-0.39, 0.29) is 50.4 Å². The molecule has 0 fully saturated rings. The fourth-order valence-corrected chi connectivity index (χ4v) is 2.43. The van der Waals surface area contributed by atoms with Gasteiger partial charge in [-0.15, -0.1) is 0 Å². The van der Waals surface area contributed by atoms with E-state index >= 15 is 0 Å². The second kappa shape index (κ2) is 14.4. The fraction of sp³-hybridized carbons (Fsp3) is 0.364. The molecule has 2 nitrogen and oxygen atoms in total. The monoisotopic (exact) mass is 583 g/mol. The minimum absolute atomic E-state index is 0. The van der Waals surface area contributed by atoms with E-state index in [0.717, 1.165) is 16.7 Å². The van der Waals surface area contributed by atoms with Crippen molar-refractivity contribution in [3.05, 3.63) is 78.9 Å². The molecule has 0 saturated heterocycles. The van der Waals surface area contributed by atoms with Crippen LogP contribution >= 0.6 is 0 Å². The number of nitrogens with one attached hydrogen (secondary N) is 1. The standard InChI is InChI=1S/C21H29FNO.CH3.U/c1-7-18(21-16(4)9-8-10-20(21)22)11-12-19(15(2)3)13-23-17(5)14-24-6;;/h7-12,17,23H,5,13-14H2,1-4,6H3;1H3;/q2*-1;+2/b12-11-,18-7+;;. The molecule has 0 aliphatic rings. The minimum atomic E-state index is -0.192. The Balaban J connectivity index is 0. The van der Waals surface area contributed by atoms with Gasteiger partial charge in [-0.05, 0) is 50.5 Å². The van der Waals surface area contributed by atoms with Crippen LogP contribution in [0, 0.1) is 58.2 Å². The van der Waals surface area contributed by atoms with Crippen LogP contribution in [0.3, 0.4) is 0 Å². The van der Waals surface area contributed by atoms with Gasteiger partial charge >= 0.3 is 31.1 Å². The Labute approximate surface area is 183 Å². The molecule has 0 aliphatic heterocycles. The van der Waals surface area contributed by atoms with E-state index in [4.69, 9.17) is 4.74 Å². The Morgan fingerprint density at radius 1 is 1.31 bits per heavy atom. The summed E-state index contributed by atoms with van der Waals surface area (Å²) in [4.78, 5) is 0. The van der Waals surface area contributed by atoms with Crippen LogP contribution in [0.5, 0.6) is 0 Å². The number of halogens is 1. The molecule has 1 unspecified atom stereocenters. The number of hydrogen-bond acceptors (Lipinski definition) is 2. The number of allylic oxidation sites excluding steroid dienone is 4. The number of aryl methyl sites for hydroxylation is 1. The Bertz CT molecular complexity index is 611. The van der Waals surface area contributed by atoms with Crippen LogP contribution in [-0.4, -0.2) is 26.3 Å². The van der Waals surface area contributed by atoms with E-state index in [2.05, 4.69) is 26.1 Å². The maximum absolute atomic E-state index is 14.2. The third-order valence-corrected chi connectivity index (χ3v) is 3.88. The van der Waals surface area contributed by atoms with E-state index in [9.17, 15) is 4.39 Å². The maximum Gasteiger partial charge on any atom is 2.00 e. The van der Waals surface area contributed by atoms with E-state index in [1.807, 2.05) is 38.1 Å². The molecule has 0 saturated carbocycles. The molecule has 0 spiro atoms. The van der Waals surface area contributed by atoms with Gasteiger partial charge < -0.3 is 24.4 Å². The van der Waals surface area contributed by atoms with E-state index < -0.39 is 0 Å². The van der Waals surface area contributed by atoms with Gasteiger partial charge in [0.25, 0.3) is 0 Å². The average Bonchev–Trinajstić information content (AvgIpc) is 2.52. The molecule has 142 valence electrons. The fourth-order valence-electron chi connectivity index (χ4n) is 2.43. The summed E-state index contributed by atoms with van der Waals surface area (Å²) in [7, 11) is 1.66. The first-order valence-electron chi connectivity index (χ1n) is 8.22. The largest absolute Gasteiger partial charge is 2.00 e. The third-order valence-electron chi connectivity index (χ3n) is 3.88. The van der Waals surface area contributed by atoms with Gasteiger partial charge in [-0.3, -0.25) is 0 Å². The number of rotatable bonds is 8. The molecule has 4 heteroatoms. The molecule has 0 aromatic heterocycles. The van der Waals surface area contributed by atoms with Crippen molar-refractivity contribution in [2.75, 3.05) is 20.3 Å². The molecule has 0 heterocycles. The van der Waals surface area contributed by atoms with Gasteiger partial charge in [0, 0.05) is 25.8 Å². The summed E-state index contributed by atoms with van der Waals surface area (Å²) in [5, 5.41) is 3.33. The van der Waals surface area contributed by atoms with E-state index in [1.165, 1.54) is 11.6 Å². The summed E-state index contributed by atoms with van der Waals surface area (Å²) in [6.45, 7) is 13.3. The van der Waals surface area contributed by atoms with Crippen LogP contribution in [0.2, 0.25) is 0 Å². The first kappa shape index (κ1) is 27.6. The van der Waals surface area contributed by atoms with Gasteiger partial charge in [0.1, 0.15) is 5.82 Å². The van der Waals surface area contributed by atoms with Gasteiger partial charge in [-0.2, -0.15) is 0 Å². The zero-order chi connectivity index (χ0) is 18.1. The molecule has 1 N–H and O–H groups in total. The topological polar surface area (TPSA) is 21.3 Å². The zero-order valence-electron chi connectivity index (χ0n) is 16.9. The van der Waals surface area contributed by atoms with Crippen molar-refractivity contribution in [2.45, 2.75) is 33.7 Å². The molecule has 26 heavy (non-hydrogen) atoms. The first-order chi connectivity index (χ1) is 11.4. The summed E-state index contributed by atoms with van der Waals surface area (Å²) in [6.07, 6.45) is 5.96. The molecule has 0 aliphatic carbocycles. The van der Waals surface area contributed by atoms with Gasteiger partial charge in [0.2, 0.25) is 0 Å². The van der Waals surface area contributed by atoms with Crippen molar-refractivity contribution in [3.63, 3.8) is 0 Å². The summed E-state index contributed by atoms with van der Waals surface area (Å²) in [5.74, 6) is -0.192. The van der Waals surface area contributed by atoms with Crippen LogP contribution in [0.1, 0.15) is 31.9 Å². The quantitative estimate of drug-likeness (QED) is 0.331. The molecule has 1 aromatic carbocycles. The van der Waals surface area contributed by atoms with Crippen LogP contribution in [0.4, 0.5) is 4.39 Å². The van der Waals surface area contributed by atoms with Crippen molar-refractivity contribution in [1.29, 1.82) is 0 Å². The van der Waals surface area contributed by atoms with Crippen LogP contribution < -0.4 is 5.32 Å². The number of ether oxygens (including phenoxy) is 1. The smallest absolute Gasteiger partial charge is 0.386 e. The first-order valence-corrected chi connectivity index (χ1v) is 8.22. The van der Waals surface area contributed by atoms with Crippen molar-refractivity contribution < 1.29 is 40.2 Å². The Hall–Kier alpha value is -0.658. The van der Waals surface area contributed by atoms with Crippen molar-refractivity contribution in [1.82, 2.24) is 5.32 Å². The van der Waals surface area contributed by atoms with Gasteiger partial charge in [0.15, 0.2) is 0 Å². The van der Waals surface area contributed by atoms with E-state index in [1.54, 1.807) is 13.2 Å². The molecule has 1 aromatic rings. The van der Waals surface area contributed by atoms with Crippen LogP contribution in [0.25, 0.3) is 5.57 Å². The number of methoxy groups -OCH3 is 1. The molecule has 0 bridgehead atoms. The average molecular weight is 584 g/mol. The number of hydrogen-bond donors (Lipinski definition) is 1. The molecule has 1 atom stereocenters. The second-order valence-electron chi connectivity index (χ2n) is 6.07. The van der Waals surface area contributed by atoms with Crippen LogP contribution in [-0.2, 0) is 4.74 Å².